The van der Waals surface area contributed by atoms with Crippen LogP contribution in [0.25, 0.3) is 0 Å². The van der Waals surface area contributed by atoms with Gasteiger partial charge in [0, 0.05) is 24.7 Å². The van der Waals surface area contributed by atoms with E-state index in [0.717, 1.165) is 0 Å². The van der Waals surface area contributed by atoms with E-state index >= 15 is 0 Å². The molecule has 6 nitrogen and oxygen atoms in total. The van der Waals surface area contributed by atoms with Gasteiger partial charge in [0.1, 0.15) is 11.6 Å². The fourth-order valence-corrected chi connectivity index (χ4v) is 0.974. The fourth-order valence-electron chi connectivity index (χ4n) is 0.974. The molecule has 0 aliphatic carbocycles. The Kier molecular flexibility index (Phi) is 6.50. The molecule has 0 unspecified atom stereocenters. The van der Waals surface area contributed by atoms with Gasteiger partial charge in [0.05, 0.1) is 0 Å². The first-order valence-electron chi connectivity index (χ1n) is 5.64. The van der Waals surface area contributed by atoms with Crippen LogP contribution in [0.1, 0.15) is 33.6 Å². The van der Waals surface area contributed by atoms with Crippen LogP contribution in [0.5, 0.6) is 0 Å². The van der Waals surface area contributed by atoms with Crippen molar-refractivity contribution in [1.29, 1.82) is 5.26 Å². The summed E-state index contributed by atoms with van der Waals surface area (Å²) in [6, 6.07) is 1.79. The number of carbonyl (C=O) groups excluding carboxylic acids is 1. The van der Waals surface area contributed by atoms with Crippen LogP contribution >= 0.6 is 0 Å². The number of carbonyl (C=O) groups is 2. The smallest absolute Gasteiger partial charge is 0.303 e. The van der Waals surface area contributed by atoms with Crippen LogP contribution in [0.15, 0.2) is 11.8 Å². The molecule has 100 valence electrons. The Morgan fingerprint density at radius 2 is 2.00 bits per heavy atom. The van der Waals surface area contributed by atoms with Crippen molar-refractivity contribution >= 4 is 11.9 Å². The summed E-state index contributed by atoms with van der Waals surface area (Å²) in [7, 11) is 0. The van der Waals surface area contributed by atoms with E-state index in [1.807, 2.05) is 20.8 Å². The minimum absolute atomic E-state index is 0.00782. The Labute approximate surface area is 107 Å². The second kappa shape index (κ2) is 7.33. The average molecular weight is 253 g/mol. The van der Waals surface area contributed by atoms with E-state index in [4.69, 9.17) is 10.4 Å². The lowest BCUT2D eigenvalue weighted by Crippen LogP contribution is -2.33. The monoisotopic (exact) mass is 253 g/mol. The van der Waals surface area contributed by atoms with Gasteiger partial charge in [-0.1, -0.05) is 0 Å². The maximum absolute atomic E-state index is 11.5. The third kappa shape index (κ3) is 8.16. The average Bonchev–Trinajstić information content (AvgIpc) is 2.23. The zero-order valence-electron chi connectivity index (χ0n) is 10.9. The third-order valence-corrected chi connectivity index (χ3v) is 1.87. The summed E-state index contributed by atoms with van der Waals surface area (Å²) in [4.78, 5) is 21.8. The molecule has 3 N–H and O–H groups in total. The number of hydrogen-bond donors (Lipinski definition) is 3. The van der Waals surface area contributed by atoms with E-state index in [9.17, 15) is 9.59 Å². The second-order valence-corrected chi connectivity index (χ2v) is 4.82. The SMILES string of the molecule is CC(C)(C)N/C=C(/C#N)C(=O)NCCCC(=O)O. The van der Waals surface area contributed by atoms with Crippen molar-refractivity contribution < 1.29 is 14.7 Å². The minimum atomic E-state index is -0.908. The number of carboxylic acids is 1. The van der Waals surface area contributed by atoms with Crippen LogP contribution in [0.4, 0.5) is 0 Å². The molecule has 18 heavy (non-hydrogen) atoms. The molecule has 0 saturated heterocycles. The number of nitrogens with one attached hydrogen (secondary N) is 2. The first kappa shape index (κ1) is 16.0. The number of aliphatic carboxylic acids is 1. The number of nitrogens with zero attached hydrogens (tertiary/aromatic N) is 1. The van der Waals surface area contributed by atoms with E-state index in [2.05, 4.69) is 10.6 Å². The molecular formula is C12H19N3O3. The van der Waals surface area contributed by atoms with Crippen LogP contribution in [0.3, 0.4) is 0 Å². The highest BCUT2D eigenvalue weighted by atomic mass is 16.4. The Bertz CT molecular complexity index is 375. The Hall–Kier alpha value is -2.03. The summed E-state index contributed by atoms with van der Waals surface area (Å²) in [5.41, 5.74) is -0.258. The molecule has 0 aromatic rings. The number of rotatable bonds is 6. The summed E-state index contributed by atoms with van der Waals surface area (Å²) >= 11 is 0. The minimum Gasteiger partial charge on any atom is -0.481 e. The van der Waals surface area contributed by atoms with Crippen molar-refractivity contribution in [3.8, 4) is 6.07 Å². The molecule has 0 rings (SSSR count). The third-order valence-electron chi connectivity index (χ3n) is 1.87. The molecule has 1 amide bonds. The second-order valence-electron chi connectivity index (χ2n) is 4.82. The van der Waals surface area contributed by atoms with Crippen LogP contribution in [-0.4, -0.2) is 29.1 Å². The van der Waals surface area contributed by atoms with E-state index < -0.39 is 11.9 Å². The van der Waals surface area contributed by atoms with Crippen molar-refractivity contribution in [2.45, 2.75) is 39.2 Å². The van der Waals surface area contributed by atoms with E-state index in [-0.39, 0.29) is 24.1 Å². The van der Waals surface area contributed by atoms with Gasteiger partial charge < -0.3 is 15.7 Å². The standard InChI is InChI=1S/C12H19N3O3/c1-12(2,3)15-8-9(7-13)11(18)14-6-4-5-10(16)17/h8,15H,4-6H2,1-3H3,(H,14,18)(H,16,17)/b9-8-. The van der Waals surface area contributed by atoms with E-state index in [1.54, 1.807) is 6.07 Å². The van der Waals surface area contributed by atoms with Crippen LogP contribution in [0.2, 0.25) is 0 Å². The van der Waals surface area contributed by atoms with Crippen molar-refractivity contribution in [3.63, 3.8) is 0 Å². The molecule has 0 atom stereocenters. The molecule has 0 aromatic carbocycles. The van der Waals surface area contributed by atoms with Crippen molar-refractivity contribution in [1.82, 2.24) is 10.6 Å². The summed E-state index contributed by atoms with van der Waals surface area (Å²) in [5.74, 6) is -1.41. The number of hydrogen-bond acceptors (Lipinski definition) is 4. The first-order chi connectivity index (χ1) is 8.26. The van der Waals surface area contributed by atoms with Gasteiger partial charge in [0.15, 0.2) is 0 Å². The Morgan fingerprint density at radius 1 is 1.39 bits per heavy atom. The summed E-state index contributed by atoms with van der Waals surface area (Å²) in [6.45, 7) is 5.95. The van der Waals surface area contributed by atoms with Crippen LogP contribution < -0.4 is 10.6 Å². The summed E-state index contributed by atoms with van der Waals surface area (Å²) in [5, 5.41) is 22.7. The predicted molar refractivity (Wildman–Crippen MR) is 66.5 cm³/mol. The zero-order valence-corrected chi connectivity index (χ0v) is 10.9. The van der Waals surface area contributed by atoms with Gasteiger partial charge in [0.25, 0.3) is 5.91 Å². The van der Waals surface area contributed by atoms with Crippen molar-refractivity contribution in [2.24, 2.45) is 0 Å². The van der Waals surface area contributed by atoms with Crippen LogP contribution in [-0.2, 0) is 9.59 Å². The fraction of sp³-hybridized carbons (Fsp3) is 0.583. The van der Waals surface area contributed by atoms with Gasteiger partial charge in [-0.2, -0.15) is 5.26 Å². The van der Waals surface area contributed by atoms with Crippen molar-refractivity contribution in [2.75, 3.05) is 6.54 Å². The highest BCUT2D eigenvalue weighted by Crippen LogP contribution is 2.00. The molecule has 6 heteroatoms. The lowest BCUT2D eigenvalue weighted by Gasteiger charge is -2.18. The van der Waals surface area contributed by atoms with Gasteiger partial charge in [-0.3, -0.25) is 9.59 Å². The molecule has 0 saturated carbocycles. The molecular weight excluding hydrogens is 234 g/mol. The van der Waals surface area contributed by atoms with Crippen LogP contribution in [0, 0.1) is 11.3 Å². The number of nitriles is 1. The van der Waals surface area contributed by atoms with Gasteiger partial charge in [-0.15, -0.1) is 0 Å². The van der Waals surface area contributed by atoms with Gasteiger partial charge in [-0.25, -0.2) is 0 Å². The number of amides is 1. The molecule has 0 heterocycles. The normalized spacial score (nSPS) is 11.6. The quantitative estimate of drug-likeness (QED) is 0.368. The van der Waals surface area contributed by atoms with Gasteiger partial charge in [-0.05, 0) is 27.2 Å². The summed E-state index contributed by atoms with van der Waals surface area (Å²) in [6.07, 6.45) is 1.70. The zero-order chi connectivity index (χ0) is 14.2. The largest absolute Gasteiger partial charge is 0.481 e. The van der Waals surface area contributed by atoms with Gasteiger partial charge >= 0.3 is 5.97 Å². The maximum atomic E-state index is 11.5. The predicted octanol–water partition coefficient (Wildman–Crippen LogP) is 0.763. The lowest BCUT2D eigenvalue weighted by atomic mass is 10.1. The molecule has 0 aliphatic heterocycles. The Morgan fingerprint density at radius 3 is 2.44 bits per heavy atom. The maximum Gasteiger partial charge on any atom is 0.303 e. The molecule has 0 aromatic heterocycles. The van der Waals surface area contributed by atoms with E-state index in [1.165, 1.54) is 6.20 Å². The van der Waals surface area contributed by atoms with Gasteiger partial charge in [0.2, 0.25) is 0 Å². The highest BCUT2D eigenvalue weighted by Gasteiger charge is 2.11. The lowest BCUT2D eigenvalue weighted by molar-refractivity contribution is -0.137. The Balaban J connectivity index is 4.21. The van der Waals surface area contributed by atoms with E-state index in [0.29, 0.717) is 6.42 Å². The topological polar surface area (TPSA) is 102 Å². The molecule has 0 bridgehead atoms. The highest BCUT2D eigenvalue weighted by molar-refractivity contribution is 5.97. The summed E-state index contributed by atoms with van der Waals surface area (Å²) < 4.78 is 0. The molecule has 0 radical (unpaired) electrons. The molecule has 0 aliphatic rings. The molecule has 0 spiro atoms. The first-order valence-corrected chi connectivity index (χ1v) is 5.64. The molecule has 0 fully saturated rings. The number of carboxylic acid groups (broad SMARTS) is 1. The van der Waals surface area contributed by atoms with Crippen molar-refractivity contribution in [3.05, 3.63) is 11.8 Å².